The molecule has 2 aliphatic rings. The number of hydrogen-bond donors (Lipinski definition) is 0. The highest BCUT2D eigenvalue weighted by Gasteiger charge is 2.37. The van der Waals surface area contributed by atoms with Gasteiger partial charge in [-0.25, -0.2) is 0 Å². The normalized spacial score (nSPS) is 15.6. The van der Waals surface area contributed by atoms with Crippen LogP contribution < -0.4 is 4.74 Å². The van der Waals surface area contributed by atoms with E-state index in [1.807, 2.05) is 24.3 Å². The standard InChI is InChI=1S/C25H27N3O5/c1-2-5-18-8-10-19(11-9-18)33-17-23(30)27-14-12-26(13-15-27)22(29)16-28-24(31)20-6-3-4-7-21(20)25(28)32/h3-4,6-11H,2,5,12-17H2,1H3. The van der Waals surface area contributed by atoms with Crippen molar-refractivity contribution in [2.75, 3.05) is 39.3 Å². The van der Waals surface area contributed by atoms with Crippen molar-refractivity contribution >= 4 is 23.6 Å². The summed E-state index contributed by atoms with van der Waals surface area (Å²) >= 11 is 0. The molecule has 2 aromatic carbocycles. The summed E-state index contributed by atoms with van der Waals surface area (Å²) in [4.78, 5) is 54.4. The van der Waals surface area contributed by atoms with Crippen LogP contribution in [-0.4, -0.2) is 77.7 Å². The van der Waals surface area contributed by atoms with Gasteiger partial charge in [0.1, 0.15) is 12.3 Å². The van der Waals surface area contributed by atoms with Crippen LogP contribution in [0.15, 0.2) is 48.5 Å². The Morgan fingerprint density at radius 3 is 1.91 bits per heavy atom. The van der Waals surface area contributed by atoms with Crippen molar-refractivity contribution in [3.63, 3.8) is 0 Å². The van der Waals surface area contributed by atoms with Gasteiger partial charge in [0.15, 0.2) is 6.61 Å². The summed E-state index contributed by atoms with van der Waals surface area (Å²) in [7, 11) is 0. The van der Waals surface area contributed by atoms with Crippen LogP contribution in [0, 0.1) is 0 Å². The van der Waals surface area contributed by atoms with Crippen molar-refractivity contribution in [2.24, 2.45) is 0 Å². The van der Waals surface area contributed by atoms with E-state index in [4.69, 9.17) is 4.74 Å². The van der Waals surface area contributed by atoms with Gasteiger partial charge in [-0.05, 0) is 36.2 Å². The molecule has 2 aliphatic heterocycles. The van der Waals surface area contributed by atoms with Crippen molar-refractivity contribution in [1.82, 2.24) is 14.7 Å². The van der Waals surface area contributed by atoms with Crippen LogP contribution in [-0.2, 0) is 16.0 Å². The van der Waals surface area contributed by atoms with Gasteiger partial charge in [0.2, 0.25) is 5.91 Å². The van der Waals surface area contributed by atoms with Crippen molar-refractivity contribution in [1.29, 1.82) is 0 Å². The fraction of sp³-hybridized carbons (Fsp3) is 0.360. The molecule has 0 aromatic heterocycles. The molecular weight excluding hydrogens is 422 g/mol. The average molecular weight is 450 g/mol. The molecule has 0 saturated carbocycles. The van der Waals surface area contributed by atoms with Crippen LogP contribution in [0.5, 0.6) is 5.75 Å². The molecular formula is C25H27N3O5. The Morgan fingerprint density at radius 1 is 0.818 bits per heavy atom. The molecule has 2 aromatic rings. The molecule has 0 radical (unpaired) electrons. The number of benzene rings is 2. The molecule has 0 N–H and O–H groups in total. The van der Waals surface area contributed by atoms with E-state index in [1.54, 1.807) is 34.1 Å². The first-order valence-electron chi connectivity index (χ1n) is 11.2. The lowest BCUT2D eigenvalue weighted by molar-refractivity contribution is -0.140. The van der Waals surface area contributed by atoms with E-state index >= 15 is 0 Å². The number of rotatable bonds is 7. The largest absolute Gasteiger partial charge is 0.484 e. The minimum Gasteiger partial charge on any atom is -0.484 e. The van der Waals surface area contributed by atoms with E-state index in [9.17, 15) is 19.2 Å². The highest BCUT2D eigenvalue weighted by Crippen LogP contribution is 2.22. The Kier molecular flexibility index (Phi) is 6.72. The van der Waals surface area contributed by atoms with E-state index in [0.717, 1.165) is 17.7 Å². The number of imide groups is 1. The van der Waals surface area contributed by atoms with Crippen molar-refractivity contribution in [3.8, 4) is 5.75 Å². The molecule has 0 bridgehead atoms. The minimum absolute atomic E-state index is 0.0594. The van der Waals surface area contributed by atoms with Gasteiger partial charge >= 0.3 is 0 Å². The molecule has 4 rings (SSSR count). The molecule has 2 heterocycles. The summed E-state index contributed by atoms with van der Waals surface area (Å²) in [5.74, 6) is -0.687. The number of ether oxygens (including phenoxy) is 1. The van der Waals surface area contributed by atoms with Gasteiger partial charge in [0.05, 0.1) is 11.1 Å². The molecule has 0 aliphatic carbocycles. The van der Waals surface area contributed by atoms with Gasteiger partial charge in [-0.3, -0.25) is 24.1 Å². The van der Waals surface area contributed by atoms with E-state index in [-0.39, 0.29) is 25.0 Å². The quantitative estimate of drug-likeness (QED) is 0.604. The van der Waals surface area contributed by atoms with Crippen molar-refractivity contribution < 1.29 is 23.9 Å². The zero-order valence-corrected chi connectivity index (χ0v) is 18.7. The summed E-state index contributed by atoms with van der Waals surface area (Å²) in [6, 6.07) is 14.3. The number of amides is 4. The van der Waals surface area contributed by atoms with Gasteiger partial charge in [-0.2, -0.15) is 0 Å². The smallest absolute Gasteiger partial charge is 0.262 e. The van der Waals surface area contributed by atoms with Gasteiger partial charge < -0.3 is 14.5 Å². The third-order valence-corrected chi connectivity index (χ3v) is 5.98. The molecule has 8 heteroatoms. The van der Waals surface area contributed by atoms with Crippen LogP contribution in [0.2, 0.25) is 0 Å². The molecule has 0 unspecified atom stereocenters. The maximum atomic E-state index is 12.7. The summed E-state index contributed by atoms with van der Waals surface area (Å²) < 4.78 is 5.62. The first-order valence-corrected chi connectivity index (χ1v) is 11.2. The molecule has 0 spiro atoms. The maximum absolute atomic E-state index is 12.7. The predicted octanol–water partition coefficient (Wildman–Crippen LogP) is 1.98. The monoisotopic (exact) mass is 449 g/mol. The molecule has 0 atom stereocenters. The predicted molar refractivity (Wildman–Crippen MR) is 121 cm³/mol. The lowest BCUT2D eigenvalue weighted by atomic mass is 10.1. The van der Waals surface area contributed by atoms with E-state index in [1.165, 1.54) is 5.56 Å². The van der Waals surface area contributed by atoms with Crippen LogP contribution >= 0.6 is 0 Å². The van der Waals surface area contributed by atoms with E-state index in [2.05, 4.69) is 6.92 Å². The summed E-state index contributed by atoms with van der Waals surface area (Å²) in [5.41, 5.74) is 1.88. The van der Waals surface area contributed by atoms with Gasteiger partial charge in [-0.15, -0.1) is 0 Å². The SMILES string of the molecule is CCCc1ccc(OCC(=O)N2CCN(C(=O)CN3C(=O)c4ccccc4C3=O)CC2)cc1. The number of carbonyl (C=O) groups is 4. The fourth-order valence-electron chi connectivity index (χ4n) is 4.10. The average Bonchev–Trinajstić information content (AvgIpc) is 3.08. The zero-order valence-electron chi connectivity index (χ0n) is 18.7. The van der Waals surface area contributed by atoms with Gasteiger partial charge in [0.25, 0.3) is 17.7 Å². The molecule has 172 valence electrons. The number of fused-ring (bicyclic) bond motifs is 1. The lowest BCUT2D eigenvalue weighted by Gasteiger charge is -2.35. The van der Waals surface area contributed by atoms with Crippen LogP contribution in [0.4, 0.5) is 0 Å². The van der Waals surface area contributed by atoms with Crippen LogP contribution in [0.3, 0.4) is 0 Å². The summed E-state index contributed by atoms with van der Waals surface area (Å²) in [5, 5.41) is 0. The van der Waals surface area contributed by atoms with Crippen molar-refractivity contribution in [2.45, 2.75) is 19.8 Å². The Labute approximate surface area is 192 Å². The van der Waals surface area contributed by atoms with E-state index in [0.29, 0.717) is 43.1 Å². The summed E-state index contributed by atoms with van der Waals surface area (Å²) in [6.07, 6.45) is 2.08. The molecule has 1 saturated heterocycles. The maximum Gasteiger partial charge on any atom is 0.262 e. The first kappa shape index (κ1) is 22.5. The zero-order chi connectivity index (χ0) is 23.4. The molecule has 33 heavy (non-hydrogen) atoms. The lowest BCUT2D eigenvalue weighted by Crippen LogP contribution is -2.53. The first-order chi connectivity index (χ1) is 16.0. The number of aryl methyl sites for hydroxylation is 1. The number of hydrogen-bond acceptors (Lipinski definition) is 5. The highest BCUT2D eigenvalue weighted by atomic mass is 16.5. The Bertz CT molecular complexity index is 1020. The second kappa shape index (κ2) is 9.85. The number of nitrogens with zero attached hydrogens (tertiary/aromatic N) is 3. The number of carbonyl (C=O) groups excluding carboxylic acids is 4. The Hall–Kier alpha value is -3.68. The third kappa shape index (κ3) is 4.89. The highest BCUT2D eigenvalue weighted by molar-refractivity contribution is 6.22. The third-order valence-electron chi connectivity index (χ3n) is 5.98. The number of piperazine rings is 1. The molecule has 1 fully saturated rings. The molecule has 4 amide bonds. The second-order valence-corrected chi connectivity index (χ2v) is 8.19. The van der Waals surface area contributed by atoms with Gasteiger partial charge in [-0.1, -0.05) is 37.6 Å². The Morgan fingerprint density at radius 2 is 1.36 bits per heavy atom. The minimum atomic E-state index is -0.447. The van der Waals surface area contributed by atoms with Crippen LogP contribution in [0.1, 0.15) is 39.6 Å². The van der Waals surface area contributed by atoms with Crippen LogP contribution in [0.25, 0.3) is 0 Å². The van der Waals surface area contributed by atoms with Gasteiger partial charge in [0, 0.05) is 26.2 Å². The van der Waals surface area contributed by atoms with Crippen molar-refractivity contribution in [3.05, 3.63) is 65.2 Å². The Balaban J connectivity index is 1.24. The topological polar surface area (TPSA) is 87.2 Å². The fourth-order valence-corrected chi connectivity index (χ4v) is 4.10. The van der Waals surface area contributed by atoms with E-state index < -0.39 is 11.8 Å². The summed E-state index contributed by atoms with van der Waals surface area (Å²) in [6.45, 7) is 3.23. The molecule has 8 nitrogen and oxygen atoms in total. The second-order valence-electron chi connectivity index (χ2n) is 8.19.